The number of fused-ring (bicyclic) bond motifs is 1. The van der Waals surface area contributed by atoms with Gasteiger partial charge in [-0.25, -0.2) is 9.18 Å². The molecule has 0 spiro atoms. The topological polar surface area (TPSA) is 68.9 Å². The van der Waals surface area contributed by atoms with Gasteiger partial charge in [-0.3, -0.25) is 0 Å². The van der Waals surface area contributed by atoms with E-state index in [1.807, 2.05) is 24.3 Å². The molecule has 32 heavy (non-hydrogen) atoms. The Bertz CT molecular complexity index is 1290. The van der Waals surface area contributed by atoms with Gasteiger partial charge < -0.3 is 19.0 Å². The molecule has 1 aromatic heterocycles. The van der Waals surface area contributed by atoms with Gasteiger partial charge >= 0.3 is 5.63 Å². The van der Waals surface area contributed by atoms with E-state index >= 15 is 0 Å². The lowest BCUT2D eigenvalue weighted by atomic mass is 10.0. The first-order chi connectivity index (χ1) is 15.5. The van der Waals surface area contributed by atoms with Crippen LogP contribution in [0.2, 0.25) is 0 Å². The largest absolute Gasteiger partial charge is 0.507 e. The third-order valence-electron chi connectivity index (χ3n) is 4.98. The molecular weight excluding hydrogens is 411 g/mol. The van der Waals surface area contributed by atoms with Crippen LogP contribution in [0.1, 0.15) is 16.7 Å². The Kier molecular flexibility index (Phi) is 6.22. The van der Waals surface area contributed by atoms with Gasteiger partial charge in [0.05, 0.1) is 10.9 Å². The molecule has 4 aromatic rings. The Morgan fingerprint density at radius 3 is 2.44 bits per heavy atom. The molecule has 0 unspecified atom stereocenters. The predicted octanol–water partition coefficient (Wildman–Crippen LogP) is 5.29. The van der Waals surface area contributed by atoms with Crippen LogP contribution in [0, 0.1) is 5.82 Å². The van der Waals surface area contributed by atoms with Crippen LogP contribution >= 0.6 is 0 Å². The highest BCUT2D eigenvalue weighted by molar-refractivity contribution is 5.84. The van der Waals surface area contributed by atoms with Crippen molar-refractivity contribution in [2.75, 3.05) is 13.2 Å². The second-order valence-corrected chi connectivity index (χ2v) is 7.16. The number of aromatic hydroxyl groups is 1. The van der Waals surface area contributed by atoms with Crippen molar-refractivity contribution in [1.29, 1.82) is 0 Å². The lowest BCUT2D eigenvalue weighted by Gasteiger charge is -2.11. The summed E-state index contributed by atoms with van der Waals surface area (Å²) >= 11 is 0. The van der Waals surface area contributed by atoms with E-state index in [0.29, 0.717) is 29.1 Å². The number of halogens is 1. The number of benzene rings is 3. The third-order valence-corrected chi connectivity index (χ3v) is 4.98. The van der Waals surface area contributed by atoms with Crippen LogP contribution in [0.4, 0.5) is 4.39 Å². The fraction of sp³-hybridized carbons (Fsp3) is 0.115. The molecule has 0 aliphatic carbocycles. The highest BCUT2D eigenvalue weighted by atomic mass is 19.1. The SMILES string of the molecule is C=C(OCCOc1ccc(F)cc1)c1ccc(Cc2c(O)c3ccccc3oc2=O)cc1. The maximum atomic E-state index is 12.9. The highest BCUT2D eigenvalue weighted by Gasteiger charge is 2.14. The number of para-hydroxylation sites is 1. The van der Waals surface area contributed by atoms with Crippen molar-refractivity contribution in [3.63, 3.8) is 0 Å². The zero-order valence-electron chi connectivity index (χ0n) is 17.2. The molecule has 6 heteroatoms. The van der Waals surface area contributed by atoms with E-state index in [-0.39, 0.29) is 30.2 Å². The van der Waals surface area contributed by atoms with Gasteiger partial charge in [0.1, 0.15) is 41.9 Å². The summed E-state index contributed by atoms with van der Waals surface area (Å²) in [6.45, 7) is 4.50. The second-order valence-electron chi connectivity index (χ2n) is 7.16. The molecule has 0 amide bonds. The summed E-state index contributed by atoms with van der Waals surface area (Å²) in [6.07, 6.45) is 0.234. The first-order valence-corrected chi connectivity index (χ1v) is 10.0. The van der Waals surface area contributed by atoms with Crippen LogP contribution in [0.5, 0.6) is 11.5 Å². The van der Waals surface area contributed by atoms with Crippen LogP contribution in [-0.4, -0.2) is 18.3 Å². The fourth-order valence-electron chi connectivity index (χ4n) is 3.28. The summed E-state index contributed by atoms with van der Waals surface area (Å²) < 4.78 is 29.3. The molecule has 0 aliphatic rings. The van der Waals surface area contributed by atoms with Crippen molar-refractivity contribution >= 4 is 16.7 Å². The van der Waals surface area contributed by atoms with Gasteiger partial charge in [0.2, 0.25) is 0 Å². The number of ether oxygens (including phenoxy) is 2. The summed E-state index contributed by atoms with van der Waals surface area (Å²) in [5.41, 5.74) is 1.62. The van der Waals surface area contributed by atoms with Crippen LogP contribution in [0.15, 0.2) is 88.6 Å². The summed E-state index contributed by atoms with van der Waals surface area (Å²) in [4.78, 5) is 12.3. The molecule has 0 saturated heterocycles. The second kappa shape index (κ2) is 9.39. The Balaban J connectivity index is 1.36. The minimum atomic E-state index is -0.556. The van der Waals surface area contributed by atoms with Crippen molar-refractivity contribution in [2.24, 2.45) is 0 Å². The smallest absolute Gasteiger partial charge is 0.343 e. The standard InChI is InChI=1S/C26H21FO5/c1-17(30-14-15-31-21-12-10-20(27)11-13-21)19-8-6-18(7-9-19)16-23-25(28)22-4-2-3-5-24(22)32-26(23)29/h2-13,28H,1,14-16H2. The van der Waals surface area contributed by atoms with Gasteiger partial charge in [-0.2, -0.15) is 0 Å². The normalized spacial score (nSPS) is 10.8. The molecule has 3 aromatic carbocycles. The van der Waals surface area contributed by atoms with Crippen molar-refractivity contribution < 1.29 is 23.4 Å². The summed E-state index contributed by atoms with van der Waals surface area (Å²) in [5.74, 6) is 0.663. The van der Waals surface area contributed by atoms with E-state index in [2.05, 4.69) is 6.58 Å². The monoisotopic (exact) mass is 432 g/mol. The van der Waals surface area contributed by atoms with Crippen molar-refractivity contribution in [1.82, 2.24) is 0 Å². The maximum absolute atomic E-state index is 12.9. The molecule has 0 aliphatic heterocycles. The van der Waals surface area contributed by atoms with E-state index in [1.54, 1.807) is 36.4 Å². The van der Waals surface area contributed by atoms with Gasteiger partial charge in [-0.15, -0.1) is 0 Å². The minimum Gasteiger partial charge on any atom is -0.507 e. The quantitative estimate of drug-likeness (QED) is 0.233. The van der Waals surface area contributed by atoms with Gasteiger partial charge in [-0.1, -0.05) is 43.0 Å². The molecule has 4 rings (SSSR count). The molecule has 0 bridgehead atoms. The molecule has 0 fully saturated rings. The Labute approximate surface area is 184 Å². The van der Waals surface area contributed by atoms with E-state index < -0.39 is 5.63 Å². The molecule has 0 radical (unpaired) electrons. The molecule has 162 valence electrons. The predicted molar refractivity (Wildman–Crippen MR) is 120 cm³/mol. The van der Waals surface area contributed by atoms with Crippen LogP contribution in [0.3, 0.4) is 0 Å². The van der Waals surface area contributed by atoms with Crippen LogP contribution < -0.4 is 10.4 Å². The maximum Gasteiger partial charge on any atom is 0.343 e. The molecule has 1 N–H and O–H groups in total. The lowest BCUT2D eigenvalue weighted by Crippen LogP contribution is -2.08. The average molecular weight is 432 g/mol. The zero-order valence-corrected chi connectivity index (χ0v) is 17.2. The molecule has 0 saturated carbocycles. The first-order valence-electron chi connectivity index (χ1n) is 10.0. The molecule has 5 nitrogen and oxygen atoms in total. The number of rotatable bonds is 8. The van der Waals surface area contributed by atoms with Crippen LogP contribution in [0.25, 0.3) is 16.7 Å². The Morgan fingerprint density at radius 1 is 0.969 bits per heavy atom. The summed E-state index contributed by atoms with van der Waals surface area (Å²) in [5, 5.41) is 11.0. The third kappa shape index (κ3) is 4.81. The van der Waals surface area contributed by atoms with Crippen LogP contribution in [-0.2, 0) is 11.2 Å². The van der Waals surface area contributed by atoms with E-state index in [4.69, 9.17) is 13.9 Å². The Morgan fingerprint density at radius 2 is 1.69 bits per heavy atom. The van der Waals surface area contributed by atoms with E-state index in [0.717, 1.165) is 11.1 Å². The number of hydrogen-bond donors (Lipinski definition) is 1. The van der Waals surface area contributed by atoms with Crippen molar-refractivity contribution in [3.8, 4) is 11.5 Å². The van der Waals surface area contributed by atoms with E-state index in [9.17, 15) is 14.3 Å². The Hall–Kier alpha value is -4.06. The van der Waals surface area contributed by atoms with Gasteiger partial charge in [-0.05, 0) is 42.0 Å². The van der Waals surface area contributed by atoms with Gasteiger partial charge in [0.15, 0.2) is 0 Å². The molecular formula is C26H21FO5. The van der Waals surface area contributed by atoms with Crippen molar-refractivity contribution in [3.05, 3.63) is 112 Å². The van der Waals surface area contributed by atoms with Gasteiger partial charge in [0.25, 0.3) is 0 Å². The fourth-order valence-corrected chi connectivity index (χ4v) is 3.28. The molecule has 0 atom stereocenters. The minimum absolute atomic E-state index is 0.0603. The summed E-state index contributed by atoms with van der Waals surface area (Å²) in [6, 6.07) is 20.0. The zero-order chi connectivity index (χ0) is 22.5. The molecule has 1 heterocycles. The number of hydrogen-bond acceptors (Lipinski definition) is 5. The van der Waals surface area contributed by atoms with E-state index in [1.165, 1.54) is 12.1 Å². The van der Waals surface area contributed by atoms with Gasteiger partial charge in [0, 0.05) is 12.0 Å². The van der Waals surface area contributed by atoms with Crippen molar-refractivity contribution in [2.45, 2.75) is 6.42 Å². The first kappa shape index (κ1) is 21.2. The summed E-state index contributed by atoms with van der Waals surface area (Å²) in [7, 11) is 0. The lowest BCUT2D eigenvalue weighted by molar-refractivity contribution is 0.195. The average Bonchev–Trinajstić information content (AvgIpc) is 2.81. The highest BCUT2D eigenvalue weighted by Crippen LogP contribution is 2.27.